The van der Waals surface area contributed by atoms with Crippen LogP contribution in [0.1, 0.15) is 12.0 Å². The van der Waals surface area contributed by atoms with Crippen LogP contribution in [-0.4, -0.2) is 43.4 Å². The van der Waals surface area contributed by atoms with Crippen molar-refractivity contribution in [2.75, 3.05) is 19.4 Å². The van der Waals surface area contributed by atoms with Crippen molar-refractivity contribution in [3.8, 4) is 22.1 Å². The third-order valence-corrected chi connectivity index (χ3v) is 7.39. The molecular weight excluding hydrogens is 522 g/mol. The van der Waals surface area contributed by atoms with Crippen LogP contribution < -0.4 is 14.8 Å². The summed E-state index contributed by atoms with van der Waals surface area (Å²) in [6, 6.07) is 17.3. The number of hydrogen-bond donors (Lipinski definition) is 1. The van der Waals surface area contributed by atoms with E-state index in [4.69, 9.17) is 21.1 Å². The third kappa shape index (κ3) is 7.09. The lowest BCUT2D eigenvalue weighted by Crippen LogP contribution is -2.29. The number of benzene rings is 2. The molecule has 0 spiro atoms. The van der Waals surface area contributed by atoms with Gasteiger partial charge in [-0.25, -0.2) is 18.2 Å². The maximum absolute atomic E-state index is 12.4. The van der Waals surface area contributed by atoms with E-state index < -0.39 is 9.84 Å². The Bertz CT molecular complexity index is 1410. The Kier molecular flexibility index (Phi) is 8.29. The van der Waals surface area contributed by atoms with Gasteiger partial charge in [0.1, 0.15) is 18.7 Å². The van der Waals surface area contributed by atoms with Crippen LogP contribution in [0, 0.1) is 0 Å². The molecule has 0 radical (unpaired) electrons. The molecule has 8 nitrogen and oxygen atoms in total. The van der Waals surface area contributed by atoms with E-state index in [1.165, 1.54) is 28.5 Å². The first-order valence-electron chi connectivity index (χ1n) is 11.0. The summed E-state index contributed by atoms with van der Waals surface area (Å²) in [5.74, 6) is 0.662. The second kappa shape index (κ2) is 11.6. The maximum atomic E-state index is 12.4. The molecule has 2 heterocycles. The van der Waals surface area contributed by atoms with Crippen LogP contribution in [0.4, 0.5) is 4.79 Å². The summed E-state index contributed by atoms with van der Waals surface area (Å²) in [6.45, 7) is 1.26. The normalized spacial score (nSPS) is 11.3. The lowest BCUT2D eigenvalue weighted by Gasteiger charge is -2.08. The minimum Gasteiger partial charge on any atom is -0.489 e. The number of ether oxygens (including phenoxy) is 2. The molecule has 0 atom stereocenters. The zero-order valence-electron chi connectivity index (χ0n) is 19.4. The van der Waals surface area contributed by atoms with Gasteiger partial charge in [-0.2, -0.15) is 0 Å². The Balaban J connectivity index is 1.23. The Morgan fingerprint density at radius 2 is 1.81 bits per heavy atom. The van der Waals surface area contributed by atoms with Gasteiger partial charge < -0.3 is 14.8 Å². The second-order valence-electron chi connectivity index (χ2n) is 7.89. The fourth-order valence-corrected chi connectivity index (χ4v) is 4.74. The van der Waals surface area contributed by atoms with Crippen LogP contribution in [0.25, 0.3) is 11.3 Å². The lowest BCUT2D eigenvalue weighted by molar-refractivity contribution is 0.240. The largest absolute Gasteiger partial charge is 0.489 e. The molecule has 0 saturated heterocycles. The number of aromatic nitrogens is 2. The van der Waals surface area contributed by atoms with E-state index in [0.29, 0.717) is 42.0 Å². The molecule has 0 aliphatic rings. The molecule has 2 aromatic heterocycles. The number of imidazole rings is 1. The average Bonchev–Trinajstić information content (AvgIpc) is 3.52. The minimum atomic E-state index is -3.22. The van der Waals surface area contributed by atoms with Crippen molar-refractivity contribution in [2.24, 2.45) is 0 Å². The maximum Gasteiger partial charge on any atom is 0.326 e. The molecule has 0 aliphatic heterocycles. The highest BCUT2D eigenvalue weighted by Gasteiger charge is 2.09. The van der Waals surface area contributed by atoms with Gasteiger partial charge in [0.15, 0.2) is 14.9 Å². The summed E-state index contributed by atoms with van der Waals surface area (Å²) < 4.78 is 36.6. The van der Waals surface area contributed by atoms with Crippen LogP contribution in [0.5, 0.6) is 10.8 Å². The second-order valence-corrected chi connectivity index (χ2v) is 11.6. The van der Waals surface area contributed by atoms with Gasteiger partial charge in [0, 0.05) is 24.6 Å². The van der Waals surface area contributed by atoms with E-state index in [1.54, 1.807) is 36.5 Å². The molecule has 36 heavy (non-hydrogen) atoms. The molecule has 0 unspecified atom stereocenters. The first-order chi connectivity index (χ1) is 17.3. The molecule has 2 aromatic carbocycles. The van der Waals surface area contributed by atoms with Crippen molar-refractivity contribution in [2.45, 2.75) is 17.9 Å². The number of nitrogens with zero attached hydrogens (tertiary/aromatic N) is 2. The number of carbonyl (C=O) groups excluding carboxylic acids is 1. The number of carbonyl (C=O) groups is 1. The molecule has 0 fully saturated rings. The average molecular weight is 546 g/mol. The lowest BCUT2D eigenvalue weighted by atomic mass is 10.1. The molecule has 0 bridgehead atoms. The predicted octanol–water partition coefficient (Wildman–Crippen LogP) is 5.27. The van der Waals surface area contributed by atoms with E-state index >= 15 is 0 Å². The summed E-state index contributed by atoms with van der Waals surface area (Å²) in [7, 11) is -3.22. The van der Waals surface area contributed by atoms with Crippen molar-refractivity contribution in [3.63, 3.8) is 0 Å². The van der Waals surface area contributed by atoms with E-state index in [2.05, 4.69) is 10.3 Å². The van der Waals surface area contributed by atoms with Gasteiger partial charge in [-0.1, -0.05) is 35.1 Å². The Hall–Kier alpha value is -3.34. The van der Waals surface area contributed by atoms with Crippen LogP contribution in [-0.2, 0) is 16.4 Å². The number of thiophene rings is 1. The van der Waals surface area contributed by atoms with Gasteiger partial charge in [-0.3, -0.25) is 4.57 Å². The van der Waals surface area contributed by atoms with Gasteiger partial charge in [0.2, 0.25) is 0 Å². The van der Waals surface area contributed by atoms with Crippen molar-refractivity contribution < 1.29 is 22.7 Å². The van der Waals surface area contributed by atoms with E-state index in [9.17, 15) is 13.2 Å². The van der Waals surface area contributed by atoms with Gasteiger partial charge in [-0.15, -0.1) is 0 Å². The third-order valence-electron chi connectivity index (χ3n) is 5.11. The summed E-state index contributed by atoms with van der Waals surface area (Å²) in [5, 5.41) is 3.59. The summed E-state index contributed by atoms with van der Waals surface area (Å²) >= 11 is 7.24. The number of hydrogen-bond acceptors (Lipinski definition) is 7. The van der Waals surface area contributed by atoms with Crippen LogP contribution in [0.2, 0.25) is 4.34 Å². The number of rotatable bonds is 10. The Morgan fingerprint density at radius 1 is 1.06 bits per heavy atom. The van der Waals surface area contributed by atoms with Crippen LogP contribution in [0.15, 0.2) is 78.1 Å². The van der Waals surface area contributed by atoms with Gasteiger partial charge in [-0.05, 0) is 60.5 Å². The van der Waals surface area contributed by atoms with E-state index in [-0.39, 0.29) is 10.9 Å². The monoisotopic (exact) mass is 545 g/mol. The molecule has 0 aliphatic carbocycles. The number of nitrogens with one attached hydrogen (secondary N) is 1. The van der Waals surface area contributed by atoms with Gasteiger partial charge in [0.25, 0.3) is 0 Å². The number of sulfone groups is 1. The van der Waals surface area contributed by atoms with Crippen molar-refractivity contribution in [3.05, 3.63) is 83.1 Å². The molecule has 1 amide bonds. The zero-order chi connectivity index (χ0) is 25.5. The molecule has 1 N–H and O–H groups in total. The van der Waals surface area contributed by atoms with Crippen LogP contribution >= 0.6 is 22.9 Å². The summed E-state index contributed by atoms with van der Waals surface area (Å²) in [4.78, 5) is 17.0. The smallest absolute Gasteiger partial charge is 0.326 e. The fraction of sp³-hybridized carbons (Fsp3) is 0.200. The standard InChI is InChI=1S/C25H24ClN3O5S2/c1-36(31,32)21-9-3-18(4-10-21)16-34-20-7-5-19(6-8-20)22-15-29(17-28-22)25(30)27-13-2-14-33-24-12-11-23(26)35-24/h3-12,15,17H,2,13-14,16H2,1H3,(H,27,30). The highest BCUT2D eigenvalue weighted by molar-refractivity contribution is 7.90. The van der Waals surface area contributed by atoms with E-state index in [0.717, 1.165) is 16.2 Å². The number of halogens is 1. The minimum absolute atomic E-state index is 0.269. The van der Waals surface area contributed by atoms with Crippen molar-refractivity contribution in [1.29, 1.82) is 0 Å². The topological polar surface area (TPSA) is 99.5 Å². The van der Waals surface area contributed by atoms with Gasteiger partial charge in [0.05, 0.1) is 21.5 Å². The molecular formula is C25H24ClN3O5S2. The fourth-order valence-electron chi connectivity index (χ4n) is 3.21. The number of amides is 1. The summed E-state index contributed by atoms with van der Waals surface area (Å²) in [6.07, 6.45) is 4.97. The molecule has 188 valence electrons. The first kappa shape index (κ1) is 25.7. The highest BCUT2D eigenvalue weighted by atomic mass is 35.5. The van der Waals surface area contributed by atoms with Gasteiger partial charge >= 0.3 is 6.03 Å². The SMILES string of the molecule is CS(=O)(=O)c1ccc(COc2ccc(-c3cn(C(=O)NCCCOc4ccc(Cl)s4)cn3)cc2)cc1. The zero-order valence-corrected chi connectivity index (χ0v) is 21.8. The molecule has 4 aromatic rings. The van der Waals surface area contributed by atoms with Crippen LogP contribution in [0.3, 0.4) is 0 Å². The Morgan fingerprint density at radius 3 is 2.47 bits per heavy atom. The molecule has 11 heteroatoms. The van der Waals surface area contributed by atoms with Crippen molar-refractivity contribution >= 4 is 38.8 Å². The quantitative estimate of drug-likeness (QED) is 0.272. The highest BCUT2D eigenvalue weighted by Crippen LogP contribution is 2.28. The summed E-state index contributed by atoms with van der Waals surface area (Å²) in [5.41, 5.74) is 2.36. The predicted molar refractivity (Wildman–Crippen MR) is 140 cm³/mol. The molecule has 4 rings (SSSR count). The van der Waals surface area contributed by atoms with Crippen molar-refractivity contribution in [1.82, 2.24) is 14.9 Å². The first-order valence-corrected chi connectivity index (χ1v) is 14.1. The van der Waals surface area contributed by atoms with E-state index in [1.807, 2.05) is 30.3 Å². The Labute approximate surface area is 218 Å². The molecule has 0 saturated carbocycles.